The van der Waals surface area contributed by atoms with Crippen LogP contribution in [0, 0.1) is 5.92 Å². The van der Waals surface area contributed by atoms with Crippen LogP contribution in [0.5, 0.6) is 0 Å². The minimum Gasteiger partial charge on any atom is -0.383 e. The van der Waals surface area contributed by atoms with Crippen molar-refractivity contribution in [2.75, 3.05) is 5.32 Å². The molecule has 4 heteroatoms. The average molecular weight is 244 g/mol. The quantitative estimate of drug-likeness (QED) is 0.870. The Morgan fingerprint density at radius 2 is 2.06 bits per heavy atom. The second-order valence-corrected chi connectivity index (χ2v) is 4.59. The van der Waals surface area contributed by atoms with E-state index >= 15 is 0 Å². The lowest BCUT2D eigenvalue weighted by Crippen LogP contribution is -2.31. The molecular weight excluding hydrogens is 228 g/mol. The fourth-order valence-corrected chi connectivity index (χ4v) is 1.66. The van der Waals surface area contributed by atoms with Gasteiger partial charge in [0.1, 0.15) is 6.10 Å². The molecule has 0 aliphatic rings. The van der Waals surface area contributed by atoms with Gasteiger partial charge in [0, 0.05) is 5.39 Å². The van der Waals surface area contributed by atoms with E-state index in [4.69, 9.17) is 0 Å². The smallest absolute Gasteiger partial charge is 0.253 e. The van der Waals surface area contributed by atoms with Crippen molar-refractivity contribution in [1.82, 2.24) is 4.98 Å². The molecular formula is C14H16N2O2. The number of hydrogen-bond acceptors (Lipinski definition) is 3. The Morgan fingerprint density at radius 3 is 2.78 bits per heavy atom. The Balaban J connectivity index is 2.19. The third kappa shape index (κ3) is 2.65. The van der Waals surface area contributed by atoms with Gasteiger partial charge in [-0.3, -0.25) is 9.78 Å². The highest BCUT2D eigenvalue weighted by Gasteiger charge is 2.18. The van der Waals surface area contributed by atoms with Crippen molar-refractivity contribution in [2.24, 2.45) is 5.92 Å². The number of carbonyl (C=O) groups is 1. The van der Waals surface area contributed by atoms with E-state index in [0.29, 0.717) is 5.69 Å². The maximum atomic E-state index is 11.7. The largest absolute Gasteiger partial charge is 0.383 e. The van der Waals surface area contributed by atoms with Crippen molar-refractivity contribution in [3.8, 4) is 0 Å². The number of carbonyl (C=O) groups excluding carboxylic acids is 1. The summed E-state index contributed by atoms with van der Waals surface area (Å²) in [5.74, 6) is -0.513. The first-order valence-corrected chi connectivity index (χ1v) is 5.91. The molecule has 2 aromatic rings. The standard InChI is InChI=1S/C14H16N2O2/c1-9(2)13(17)14(18)16-11-7-10-5-3-4-6-12(10)15-8-11/h3-9,13,17H,1-2H3,(H,16,18)/t13-/m0/s1. The SMILES string of the molecule is CC(C)[C@H](O)C(=O)Nc1cnc2ccccc2c1. The van der Waals surface area contributed by atoms with Crippen LogP contribution in [0.1, 0.15) is 13.8 Å². The van der Waals surface area contributed by atoms with Gasteiger partial charge in [-0.05, 0) is 18.1 Å². The second kappa shape index (κ2) is 5.14. The maximum Gasteiger partial charge on any atom is 0.253 e. The number of rotatable bonds is 3. The number of fused-ring (bicyclic) bond motifs is 1. The lowest BCUT2D eigenvalue weighted by atomic mass is 10.1. The van der Waals surface area contributed by atoms with Gasteiger partial charge in [0.05, 0.1) is 17.4 Å². The number of nitrogens with one attached hydrogen (secondary N) is 1. The van der Waals surface area contributed by atoms with E-state index in [0.717, 1.165) is 10.9 Å². The summed E-state index contributed by atoms with van der Waals surface area (Å²) < 4.78 is 0. The minimum atomic E-state index is -1.00. The summed E-state index contributed by atoms with van der Waals surface area (Å²) in [4.78, 5) is 15.9. The highest BCUT2D eigenvalue weighted by molar-refractivity contribution is 5.95. The molecule has 1 heterocycles. The summed E-state index contributed by atoms with van der Waals surface area (Å²) in [6, 6.07) is 9.50. The molecule has 0 fully saturated rings. The van der Waals surface area contributed by atoms with Crippen LogP contribution < -0.4 is 5.32 Å². The van der Waals surface area contributed by atoms with E-state index in [1.165, 1.54) is 0 Å². The van der Waals surface area contributed by atoms with Crippen LogP contribution in [0.2, 0.25) is 0 Å². The lowest BCUT2D eigenvalue weighted by molar-refractivity contribution is -0.125. The molecule has 2 rings (SSSR count). The molecule has 0 aliphatic carbocycles. The van der Waals surface area contributed by atoms with E-state index < -0.39 is 12.0 Å². The number of anilines is 1. The lowest BCUT2D eigenvalue weighted by Gasteiger charge is -2.14. The summed E-state index contributed by atoms with van der Waals surface area (Å²) in [5, 5.41) is 13.3. The Labute approximate surface area is 106 Å². The Hall–Kier alpha value is -1.94. The van der Waals surface area contributed by atoms with Crippen LogP contribution in [0.4, 0.5) is 5.69 Å². The predicted molar refractivity (Wildman–Crippen MR) is 71.2 cm³/mol. The molecule has 1 amide bonds. The first-order chi connectivity index (χ1) is 8.58. The number of aliphatic hydroxyl groups is 1. The Bertz CT molecular complexity index is 566. The topological polar surface area (TPSA) is 62.2 Å². The van der Waals surface area contributed by atoms with E-state index in [1.54, 1.807) is 20.0 Å². The molecule has 0 spiro atoms. The molecule has 94 valence electrons. The van der Waals surface area contributed by atoms with Crippen LogP contribution in [0.3, 0.4) is 0 Å². The predicted octanol–water partition coefficient (Wildman–Crippen LogP) is 2.19. The van der Waals surface area contributed by atoms with Gasteiger partial charge in [0.2, 0.25) is 0 Å². The molecule has 0 aliphatic heterocycles. The number of benzene rings is 1. The van der Waals surface area contributed by atoms with Crippen LogP contribution >= 0.6 is 0 Å². The number of para-hydroxylation sites is 1. The van der Waals surface area contributed by atoms with Crippen molar-refractivity contribution >= 4 is 22.5 Å². The van der Waals surface area contributed by atoms with Gasteiger partial charge in [-0.25, -0.2) is 0 Å². The summed E-state index contributed by atoms with van der Waals surface area (Å²) in [6.07, 6.45) is 0.587. The fraction of sp³-hybridized carbons (Fsp3) is 0.286. The molecule has 4 nitrogen and oxygen atoms in total. The Kier molecular flexibility index (Phi) is 3.58. The van der Waals surface area contributed by atoms with Gasteiger partial charge >= 0.3 is 0 Å². The number of hydrogen-bond donors (Lipinski definition) is 2. The molecule has 1 atom stereocenters. The molecule has 0 radical (unpaired) electrons. The monoisotopic (exact) mass is 244 g/mol. The van der Waals surface area contributed by atoms with Gasteiger partial charge in [-0.15, -0.1) is 0 Å². The summed E-state index contributed by atoms with van der Waals surface area (Å²) >= 11 is 0. The summed E-state index contributed by atoms with van der Waals surface area (Å²) in [6.45, 7) is 3.59. The molecule has 1 aromatic carbocycles. The molecule has 18 heavy (non-hydrogen) atoms. The van der Waals surface area contributed by atoms with Crippen molar-refractivity contribution in [1.29, 1.82) is 0 Å². The van der Waals surface area contributed by atoms with Crippen LogP contribution in [0.25, 0.3) is 10.9 Å². The average Bonchev–Trinajstić information content (AvgIpc) is 2.37. The number of aliphatic hydroxyl groups excluding tert-OH is 1. The highest BCUT2D eigenvalue weighted by atomic mass is 16.3. The molecule has 0 saturated heterocycles. The number of pyridine rings is 1. The highest BCUT2D eigenvalue weighted by Crippen LogP contribution is 2.16. The number of nitrogens with zero attached hydrogens (tertiary/aromatic N) is 1. The molecule has 0 saturated carbocycles. The maximum absolute atomic E-state index is 11.7. The minimum absolute atomic E-state index is 0.113. The zero-order valence-electron chi connectivity index (χ0n) is 10.4. The van der Waals surface area contributed by atoms with Gasteiger partial charge in [0.15, 0.2) is 0 Å². The third-order valence-electron chi connectivity index (χ3n) is 2.76. The summed E-state index contributed by atoms with van der Waals surface area (Å²) in [7, 11) is 0. The zero-order chi connectivity index (χ0) is 13.1. The van der Waals surface area contributed by atoms with E-state index in [2.05, 4.69) is 10.3 Å². The third-order valence-corrected chi connectivity index (χ3v) is 2.76. The van der Waals surface area contributed by atoms with Crippen LogP contribution in [-0.4, -0.2) is 22.1 Å². The molecule has 2 N–H and O–H groups in total. The molecule has 1 aromatic heterocycles. The van der Waals surface area contributed by atoms with E-state index in [-0.39, 0.29) is 5.92 Å². The summed E-state index contributed by atoms with van der Waals surface area (Å²) in [5.41, 5.74) is 1.47. The van der Waals surface area contributed by atoms with Crippen LogP contribution in [0.15, 0.2) is 36.5 Å². The Morgan fingerprint density at radius 1 is 1.33 bits per heavy atom. The fourth-order valence-electron chi connectivity index (χ4n) is 1.66. The second-order valence-electron chi connectivity index (χ2n) is 4.59. The first kappa shape index (κ1) is 12.5. The van der Waals surface area contributed by atoms with Crippen molar-refractivity contribution in [2.45, 2.75) is 20.0 Å². The zero-order valence-corrected chi connectivity index (χ0v) is 10.4. The van der Waals surface area contributed by atoms with E-state index in [9.17, 15) is 9.90 Å². The normalized spacial score (nSPS) is 12.7. The van der Waals surface area contributed by atoms with Gasteiger partial charge in [-0.1, -0.05) is 32.0 Å². The van der Waals surface area contributed by atoms with Crippen LogP contribution in [-0.2, 0) is 4.79 Å². The van der Waals surface area contributed by atoms with E-state index in [1.807, 2.05) is 30.3 Å². The first-order valence-electron chi connectivity index (χ1n) is 5.91. The van der Waals surface area contributed by atoms with Gasteiger partial charge in [-0.2, -0.15) is 0 Å². The number of aromatic nitrogens is 1. The van der Waals surface area contributed by atoms with Gasteiger partial charge in [0.25, 0.3) is 5.91 Å². The van der Waals surface area contributed by atoms with Crippen molar-refractivity contribution < 1.29 is 9.90 Å². The molecule has 0 unspecified atom stereocenters. The van der Waals surface area contributed by atoms with Gasteiger partial charge < -0.3 is 10.4 Å². The van der Waals surface area contributed by atoms with Crippen molar-refractivity contribution in [3.63, 3.8) is 0 Å². The number of amides is 1. The van der Waals surface area contributed by atoms with Crippen molar-refractivity contribution in [3.05, 3.63) is 36.5 Å². The molecule has 0 bridgehead atoms.